The fourth-order valence-corrected chi connectivity index (χ4v) is 4.99. The number of fused-ring (bicyclic) bond motifs is 2. The minimum absolute atomic E-state index is 0.185. The summed E-state index contributed by atoms with van der Waals surface area (Å²) in [7, 11) is 2.07. The molecule has 1 fully saturated rings. The third kappa shape index (κ3) is 4.21. The Hall–Kier alpha value is -4.24. The molecule has 1 saturated heterocycles. The van der Waals surface area contributed by atoms with Crippen molar-refractivity contribution in [1.29, 1.82) is 0 Å². The van der Waals surface area contributed by atoms with Crippen LogP contribution in [-0.4, -0.2) is 58.1 Å². The average molecular weight is 498 g/mol. The van der Waals surface area contributed by atoms with E-state index in [2.05, 4.69) is 42.1 Å². The lowest BCUT2D eigenvalue weighted by atomic mass is 10.1. The Morgan fingerprint density at radius 1 is 1.00 bits per heavy atom. The number of aromatic nitrogens is 4. The average Bonchev–Trinajstić information content (AvgIpc) is 3.35. The molecule has 3 aromatic heterocycles. The molecule has 6 rings (SSSR count). The molecule has 1 aliphatic heterocycles. The molecule has 188 valence electrons. The monoisotopic (exact) mass is 497 g/mol. The number of rotatable bonds is 5. The lowest BCUT2D eigenvalue weighted by molar-refractivity contribution is 0.312. The lowest BCUT2D eigenvalue weighted by Crippen LogP contribution is -2.44. The van der Waals surface area contributed by atoms with Crippen LogP contribution < -0.4 is 15.8 Å². The third-order valence-corrected chi connectivity index (χ3v) is 7.07. The van der Waals surface area contributed by atoms with Gasteiger partial charge in [-0.3, -0.25) is 9.78 Å². The van der Waals surface area contributed by atoms with E-state index in [9.17, 15) is 4.79 Å². The summed E-state index contributed by atoms with van der Waals surface area (Å²) >= 11 is 0. The number of hydrogen-bond acceptors (Lipinski definition) is 6. The fraction of sp³-hybridized carbons (Fsp3) is 0.250. The van der Waals surface area contributed by atoms with Crippen LogP contribution in [0.5, 0.6) is 0 Å². The highest BCUT2D eigenvalue weighted by molar-refractivity contribution is 5.99. The maximum atomic E-state index is 15.7. The molecule has 0 saturated carbocycles. The number of benzene rings is 2. The van der Waals surface area contributed by atoms with Gasteiger partial charge in [0.25, 0.3) is 5.56 Å². The number of imidazole rings is 1. The van der Waals surface area contributed by atoms with Crippen molar-refractivity contribution in [2.45, 2.75) is 13.0 Å². The van der Waals surface area contributed by atoms with Crippen molar-refractivity contribution >= 4 is 33.3 Å². The van der Waals surface area contributed by atoms with Gasteiger partial charge in [-0.25, -0.2) is 9.37 Å². The van der Waals surface area contributed by atoms with Crippen LogP contribution in [0.1, 0.15) is 18.7 Å². The van der Waals surface area contributed by atoms with Gasteiger partial charge in [-0.2, -0.15) is 0 Å². The van der Waals surface area contributed by atoms with E-state index < -0.39 is 0 Å². The minimum Gasteiger partial charge on any atom is -0.376 e. The van der Waals surface area contributed by atoms with Crippen molar-refractivity contribution in [2.75, 3.05) is 43.4 Å². The van der Waals surface area contributed by atoms with Gasteiger partial charge < -0.3 is 25.1 Å². The van der Waals surface area contributed by atoms with Crippen LogP contribution in [0, 0.1) is 5.82 Å². The number of likely N-dealkylation sites (N-methyl/N-ethyl adjacent to an activating group) is 1. The molecule has 8 nitrogen and oxygen atoms in total. The molecular weight excluding hydrogens is 469 g/mol. The zero-order valence-corrected chi connectivity index (χ0v) is 20.8. The van der Waals surface area contributed by atoms with E-state index in [-0.39, 0.29) is 17.4 Å². The molecule has 37 heavy (non-hydrogen) atoms. The van der Waals surface area contributed by atoms with Gasteiger partial charge in [-0.1, -0.05) is 24.3 Å². The fourth-order valence-electron chi connectivity index (χ4n) is 4.99. The Morgan fingerprint density at radius 3 is 2.57 bits per heavy atom. The molecule has 0 radical (unpaired) electrons. The molecule has 9 heteroatoms. The molecule has 0 unspecified atom stereocenters. The van der Waals surface area contributed by atoms with Crippen molar-refractivity contribution in [2.24, 2.45) is 0 Å². The lowest BCUT2D eigenvalue weighted by Gasteiger charge is -2.34. The summed E-state index contributed by atoms with van der Waals surface area (Å²) in [5.41, 5.74) is 3.49. The van der Waals surface area contributed by atoms with Gasteiger partial charge in [-0.15, -0.1) is 0 Å². The summed E-state index contributed by atoms with van der Waals surface area (Å²) in [6.07, 6.45) is 1.74. The van der Waals surface area contributed by atoms with Crippen LogP contribution in [0.25, 0.3) is 33.3 Å². The van der Waals surface area contributed by atoms with Gasteiger partial charge in [0.05, 0.1) is 34.1 Å². The first-order valence-electron chi connectivity index (χ1n) is 12.4. The Morgan fingerprint density at radius 2 is 1.78 bits per heavy atom. The number of pyridine rings is 2. The summed E-state index contributed by atoms with van der Waals surface area (Å²) in [6, 6.07) is 16.7. The quantitative estimate of drug-likeness (QED) is 0.330. The molecule has 1 atom stereocenters. The molecule has 0 bridgehead atoms. The van der Waals surface area contributed by atoms with E-state index in [1.165, 1.54) is 0 Å². The third-order valence-electron chi connectivity index (χ3n) is 7.07. The van der Waals surface area contributed by atoms with Crippen LogP contribution >= 0.6 is 0 Å². The molecular formula is C28H28FN7O. The number of nitrogens with zero attached hydrogens (tertiary/aromatic N) is 4. The van der Waals surface area contributed by atoms with Crippen LogP contribution in [0.3, 0.4) is 0 Å². The SMILES string of the molecule is C[C@H](Nc1c(-c2nc3ccc(N4CCN(C)CC4)c(F)c3[nH]2)c(=O)[nH]c2ccccc12)c1ccccn1. The first kappa shape index (κ1) is 23.2. The molecule has 0 amide bonds. The smallest absolute Gasteiger partial charge is 0.261 e. The molecule has 5 aromatic rings. The Bertz CT molecular complexity index is 1640. The van der Waals surface area contributed by atoms with Crippen LogP contribution in [0.2, 0.25) is 0 Å². The normalized spacial score (nSPS) is 15.4. The zero-order valence-electron chi connectivity index (χ0n) is 20.8. The molecule has 2 aromatic carbocycles. The predicted molar refractivity (Wildman–Crippen MR) is 146 cm³/mol. The van der Waals surface area contributed by atoms with E-state index in [4.69, 9.17) is 0 Å². The molecule has 3 N–H and O–H groups in total. The Labute approximate surface area is 213 Å². The molecule has 4 heterocycles. The highest BCUT2D eigenvalue weighted by Gasteiger charge is 2.23. The number of piperazine rings is 1. The Kier molecular flexibility index (Phi) is 5.84. The number of para-hydroxylation sites is 1. The Balaban J connectivity index is 1.48. The summed E-state index contributed by atoms with van der Waals surface area (Å²) in [5.74, 6) is -0.0402. The van der Waals surface area contributed by atoms with Crippen LogP contribution in [-0.2, 0) is 0 Å². The first-order chi connectivity index (χ1) is 18.0. The maximum Gasteiger partial charge on any atom is 0.261 e. The predicted octanol–water partition coefficient (Wildman–Crippen LogP) is 4.53. The second kappa shape index (κ2) is 9.33. The van der Waals surface area contributed by atoms with Gasteiger partial charge in [0.15, 0.2) is 5.82 Å². The van der Waals surface area contributed by atoms with E-state index in [1.807, 2.05) is 55.5 Å². The second-order valence-corrected chi connectivity index (χ2v) is 9.54. The summed E-state index contributed by atoms with van der Waals surface area (Å²) in [4.78, 5) is 32.9. The summed E-state index contributed by atoms with van der Waals surface area (Å²) in [5, 5.41) is 4.32. The van der Waals surface area contributed by atoms with Crippen LogP contribution in [0.4, 0.5) is 15.8 Å². The van der Waals surface area contributed by atoms with Crippen molar-refractivity contribution < 1.29 is 4.39 Å². The van der Waals surface area contributed by atoms with Crippen molar-refractivity contribution in [1.82, 2.24) is 24.8 Å². The molecule has 1 aliphatic rings. The van der Waals surface area contributed by atoms with Gasteiger partial charge in [0, 0.05) is 37.8 Å². The van der Waals surface area contributed by atoms with Crippen LogP contribution in [0.15, 0.2) is 65.6 Å². The van der Waals surface area contributed by atoms with Crippen molar-refractivity contribution in [3.63, 3.8) is 0 Å². The molecule has 0 spiro atoms. The number of H-pyrrole nitrogens is 2. The number of anilines is 2. The maximum absolute atomic E-state index is 15.7. The van der Waals surface area contributed by atoms with E-state index in [0.717, 1.165) is 37.3 Å². The number of hydrogen-bond donors (Lipinski definition) is 3. The summed E-state index contributed by atoms with van der Waals surface area (Å²) in [6.45, 7) is 5.25. The summed E-state index contributed by atoms with van der Waals surface area (Å²) < 4.78 is 15.7. The van der Waals surface area contributed by atoms with E-state index in [1.54, 1.807) is 12.3 Å². The standard InChI is InChI=1S/C28H28FN7O/c1-17(19-8-5-6-12-30-19)31-25-18-7-3-4-9-20(18)33-28(37)23(25)27-32-21-10-11-22(24(29)26(21)34-27)36-15-13-35(2)14-16-36/h3-12,17H,13-16H2,1-2H3,(H,32,34)(H2,31,33,37)/t17-/m0/s1. The van der Waals surface area contributed by atoms with Gasteiger partial charge in [-0.05, 0) is 44.3 Å². The highest BCUT2D eigenvalue weighted by atomic mass is 19.1. The van der Waals surface area contributed by atoms with E-state index >= 15 is 4.39 Å². The zero-order chi connectivity index (χ0) is 25.5. The van der Waals surface area contributed by atoms with Crippen molar-refractivity contribution in [3.8, 4) is 11.4 Å². The topological polar surface area (TPSA) is 92.9 Å². The van der Waals surface area contributed by atoms with Crippen molar-refractivity contribution in [3.05, 3.63) is 82.7 Å². The van der Waals surface area contributed by atoms with E-state index in [0.29, 0.717) is 39.3 Å². The first-order valence-corrected chi connectivity index (χ1v) is 12.4. The molecule has 0 aliphatic carbocycles. The second-order valence-electron chi connectivity index (χ2n) is 9.54. The number of aromatic amines is 2. The van der Waals surface area contributed by atoms with Gasteiger partial charge >= 0.3 is 0 Å². The number of halogens is 1. The highest BCUT2D eigenvalue weighted by Crippen LogP contribution is 2.34. The minimum atomic E-state index is -0.352. The van der Waals surface area contributed by atoms with Gasteiger partial charge in [0.1, 0.15) is 16.9 Å². The largest absolute Gasteiger partial charge is 0.376 e. The van der Waals surface area contributed by atoms with Gasteiger partial charge in [0.2, 0.25) is 0 Å². The number of nitrogens with one attached hydrogen (secondary N) is 3.